The van der Waals surface area contributed by atoms with Crippen LogP contribution in [0.2, 0.25) is 0 Å². The number of ether oxygens (including phenoxy) is 1. The van der Waals surface area contributed by atoms with Gasteiger partial charge >= 0.3 is 0 Å². The summed E-state index contributed by atoms with van der Waals surface area (Å²) in [5, 5.41) is 18.9. The number of benzene rings is 2. The van der Waals surface area contributed by atoms with E-state index < -0.39 is 22.2 Å². The van der Waals surface area contributed by atoms with Crippen molar-refractivity contribution in [2.75, 3.05) is 26.7 Å². The van der Waals surface area contributed by atoms with Gasteiger partial charge in [-0.05, 0) is 55.2 Å². The third-order valence-electron chi connectivity index (χ3n) is 6.77. The van der Waals surface area contributed by atoms with Crippen LogP contribution >= 0.6 is 0 Å². The Bertz CT molecular complexity index is 1230. The van der Waals surface area contributed by atoms with Crippen LogP contribution in [0.1, 0.15) is 32.3 Å². The summed E-state index contributed by atoms with van der Waals surface area (Å²) < 4.78 is 34.9. The molecule has 1 saturated carbocycles. The summed E-state index contributed by atoms with van der Waals surface area (Å²) >= 11 is 0. The predicted octanol–water partition coefficient (Wildman–Crippen LogP) is 2.86. The number of nitriles is 1. The second-order valence-corrected chi connectivity index (χ2v) is 11.4. The summed E-state index contributed by atoms with van der Waals surface area (Å²) in [6.07, 6.45) is 1.36. The van der Waals surface area contributed by atoms with Crippen LogP contribution in [0.4, 0.5) is 0 Å². The van der Waals surface area contributed by atoms with E-state index in [1.165, 1.54) is 10.4 Å². The maximum Gasteiger partial charge on any atom is 0.247 e. The first kappa shape index (κ1) is 25.2. The van der Waals surface area contributed by atoms with E-state index >= 15 is 0 Å². The van der Waals surface area contributed by atoms with Crippen molar-refractivity contribution in [2.24, 2.45) is 11.8 Å². The van der Waals surface area contributed by atoms with Crippen molar-refractivity contribution >= 4 is 15.9 Å². The largest absolute Gasteiger partial charge is 0.487 e. The number of carbonyl (C=O) groups is 1. The van der Waals surface area contributed by atoms with Crippen LogP contribution in [-0.4, -0.2) is 67.5 Å². The molecule has 1 amide bonds. The monoisotopic (exact) mass is 497 g/mol. The molecule has 0 spiro atoms. The van der Waals surface area contributed by atoms with Crippen LogP contribution in [0.5, 0.6) is 5.75 Å². The molecule has 186 valence electrons. The predicted molar refractivity (Wildman–Crippen MR) is 131 cm³/mol. The van der Waals surface area contributed by atoms with Gasteiger partial charge in [0.15, 0.2) is 0 Å². The number of sulfonamides is 1. The second kappa shape index (κ2) is 9.97. The summed E-state index contributed by atoms with van der Waals surface area (Å²) in [5.74, 6) is 0.138. The number of hydrogen-bond donors (Lipinski definition) is 1. The first-order valence-corrected chi connectivity index (χ1v) is 13.3. The van der Waals surface area contributed by atoms with Gasteiger partial charge in [-0.2, -0.15) is 9.57 Å². The topological polar surface area (TPSA) is 111 Å². The van der Waals surface area contributed by atoms with Gasteiger partial charge in [-0.25, -0.2) is 8.42 Å². The van der Waals surface area contributed by atoms with Gasteiger partial charge in [-0.15, -0.1) is 0 Å². The Morgan fingerprint density at radius 2 is 1.89 bits per heavy atom. The quantitative estimate of drug-likeness (QED) is 0.657. The Hall–Kier alpha value is -2.93. The fourth-order valence-electron chi connectivity index (χ4n) is 4.36. The summed E-state index contributed by atoms with van der Waals surface area (Å²) in [4.78, 5) is 14.3. The standard InChI is InChI=1S/C26H31N3O5S/c1-17-14-29(18(2)16-30)35(32,33)25-11-10-22(20-6-4-19(13-27)5-7-20)12-23(25)34-24(17)15-28(3)26(31)21-8-9-21/h4-7,10-12,17-18,21,24,30H,8-9,14-16H2,1-3H3/t17-,18+,24-/m1/s1. The molecule has 8 nitrogen and oxygen atoms in total. The molecular weight excluding hydrogens is 466 g/mol. The second-order valence-electron chi connectivity index (χ2n) is 9.58. The fourth-order valence-corrected chi connectivity index (χ4v) is 6.19. The molecule has 1 N–H and O–H groups in total. The molecule has 4 rings (SSSR count). The van der Waals surface area contributed by atoms with Crippen molar-refractivity contribution in [3.8, 4) is 22.9 Å². The molecule has 1 aliphatic carbocycles. The molecular formula is C26H31N3O5S. The lowest BCUT2D eigenvalue weighted by Gasteiger charge is -2.37. The lowest BCUT2D eigenvalue weighted by atomic mass is 10.0. The van der Waals surface area contributed by atoms with E-state index in [1.807, 2.05) is 6.92 Å². The average Bonchev–Trinajstić information content (AvgIpc) is 3.70. The maximum atomic E-state index is 13.6. The molecule has 1 fully saturated rings. The Balaban J connectivity index is 1.76. The van der Waals surface area contributed by atoms with Crippen LogP contribution in [0.25, 0.3) is 11.1 Å². The number of carbonyl (C=O) groups excluding carboxylic acids is 1. The number of likely N-dealkylation sites (N-methyl/N-ethyl adjacent to an activating group) is 1. The Labute approximate surface area is 206 Å². The molecule has 2 aromatic carbocycles. The van der Waals surface area contributed by atoms with Crippen LogP contribution in [0.15, 0.2) is 47.4 Å². The molecule has 0 bridgehead atoms. The molecule has 1 aliphatic heterocycles. The third kappa shape index (κ3) is 5.20. The van der Waals surface area contributed by atoms with Gasteiger partial charge in [-0.3, -0.25) is 4.79 Å². The van der Waals surface area contributed by atoms with Gasteiger partial charge in [0.2, 0.25) is 15.9 Å². The number of nitrogens with zero attached hydrogens (tertiary/aromatic N) is 3. The number of hydrogen-bond acceptors (Lipinski definition) is 6. The van der Waals surface area contributed by atoms with Crippen molar-refractivity contribution in [3.63, 3.8) is 0 Å². The minimum Gasteiger partial charge on any atom is -0.487 e. The van der Waals surface area contributed by atoms with E-state index in [0.29, 0.717) is 12.1 Å². The highest BCUT2D eigenvalue weighted by Crippen LogP contribution is 2.37. The summed E-state index contributed by atoms with van der Waals surface area (Å²) in [6.45, 7) is 3.77. The SMILES string of the molecule is C[C@@H]1CN([C@@H](C)CO)S(=O)(=O)c2ccc(-c3ccc(C#N)cc3)cc2O[C@@H]1CN(C)C(=O)C1CC1. The van der Waals surface area contributed by atoms with Gasteiger partial charge in [-0.1, -0.05) is 25.1 Å². The highest BCUT2D eigenvalue weighted by molar-refractivity contribution is 7.89. The lowest BCUT2D eigenvalue weighted by Crippen LogP contribution is -2.50. The van der Waals surface area contributed by atoms with E-state index in [1.54, 1.807) is 55.3 Å². The number of fused-ring (bicyclic) bond motifs is 1. The molecule has 9 heteroatoms. The third-order valence-corrected chi connectivity index (χ3v) is 8.79. The molecule has 3 atom stereocenters. The minimum absolute atomic E-state index is 0.0308. The van der Waals surface area contributed by atoms with Crippen molar-refractivity contribution in [3.05, 3.63) is 48.0 Å². The van der Waals surface area contributed by atoms with Crippen LogP contribution < -0.4 is 4.74 Å². The number of amides is 1. The zero-order chi connectivity index (χ0) is 25.3. The molecule has 1 heterocycles. The number of aliphatic hydroxyl groups is 1. The lowest BCUT2D eigenvalue weighted by molar-refractivity contribution is -0.132. The van der Waals surface area contributed by atoms with E-state index in [2.05, 4.69) is 6.07 Å². The van der Waals surface area contributed by atoms with Crippen molar-refractivity contribution in [2.45, 2.75) is 43.7 Å². The fraction of sp³-hybridized carbons (Fsp3) is 0.462. The van der Waals surface area contributed by atoms with Crippen molar-refractivity contribution < 1.29 is 23.1 Å². The normalized spacial score (nSPS) is 22.6. The van der Waals surface area contributed by atoms with Gasteiger partial charge in [0.25, 0.3) is 0 Å². The van der Waals surface area contributed by atoms with E-state index in [9.17, 15) is 18.3 Å². The van der Waals surface area contributed by atoms with Crippen molar-refractivity contribution in [1.29, 1.82) is 5.26 Å². The smallest absolute Gasteiger partial charge is 0.247 e. The highest BCUT2D eigenvalue weighted by atomic mass is 32.2. The Kier molecular flexibility index (Phi) is 7.17. The molecule has 35 heavy (non-hydrogen) atoms. The zero-order valence-corrected chi connectivity index (χ0v) is 21.0. The van der Waals surface area contributed by atoms with Crippen LogP contribution in [-0.2, 0) is 14.8 Å². The Morgan fingerprint density at radius 1 is 1.23 bits per heavy atom. The Morgan fingerprint density at radius 3 is 2.49 bits per heavy atom. The van der Waals surface area contributed by atoms with E-state index in [4.69, 9.17) is 10.00 Å². The maximum absolute atomic E-state index is 13.6. The van der Waals surface area contributed by atoms with Crippen molar-refractivity contribution in [1.82, 2.24) is 9.21 Å². The minimum atomic E-state index is -3.94. The molecule has 0 aromatic heterocycles. The zero-order valence-electron chi connectivity index (χ0n) is 20.2. The number of rotatable bonds is 6. The molecule has 2 aromatic rings. The summed E-state index contributed by atoms with van der Waals surface area (Å²) in [7, 11) is -2.19. The average molecular weight is 498 g/mol. The molecule has 0 saturated heterocycles. The summed E-state index contributed by atoms with van der Waals surface area (Å²) in [6, 6.07) is 13.4. The van der Waals surface area contributed by atoms with Crippen LogP contribution in [0, 0.1) is 23.2 Å². The van der Waals surface area contributed by atoms with E-state index in [0.717, 1.165) is 24.0 Å². The van der Waals surface area contributed by atoms with Crippen LogP contribution in [0.3, 0.4) is 0 Å². The first-order chi connectivity index (χ1) is 16.6. The molecule has 0 unspecified atom stereocenters. The van der Waals surface area contributed by atoms with Gasteiger partial charge in [0, 0.05) is 31.5 Å². The first-order valence-electron chi connectivity index (χ1n) is 11.8. The van der Waals surface area contributed by atoms with Gasteiger partial charge in [0.1, 0.15) is 16.7 Å². The van der Waals surface area contributed by atoms with Gasteiger partial charge < -0.3 is 14.7 Å². The molecule has 0 radical (unpaired) electrons. The highest BCUT2D eigenvalue weighted by Gasteiger charge is 2.39. The molecule has 2 aliphatic rings. The summed E-state index contributed by atoms with van der Waals surface area (Å²) in [5.41, 5.74) is 2.10. The van der Waals surface area contributed by atoms with E-state index in [-0.39, 0.29) is 41.5 Å². The van der Waals surface area contributed by atoms with Gasteiger partial charge in [0.05, 0.1) is 24.8 Å². The number of aliphatic hydroxyl groups excluding tert-OH is 1.